The van der Waals surface area contributed by atoms with Crippen molar-refractivity contribution in [1.82, 2.24) is 9.78 Å². The summed E-state index contributed by atoms with van der Waals surface area (Å²) in [5, 5.41) is 4.35. The van der Waals surface area contributed by atoms with Gasteiger partial charge >= 0.3 is 5.97 Å². The lowest BCUT2D eigenvalue weighted by atomic mass is 10.1. The van der Waals surface area contributed by atoms with Crippen molar-refractivity contribution in [3.05, 3.63) is 69.5 Å². The number of hydrogen-bond donors (Lipinski definition) is 0. The maximum atomic E-state index is 13.5. The Morgan fingerprint density at radius 2 is 2.08 bits per heavy atom. The molecule has 0 aliphatic heterocycles. The Labute approximate surface area is 157 Å². The first-order valence-electron chi connectivity index (χ1n) is 7.48. The van der Waals surface area contributed by atoms with Gasteiger partial charge in [0.25, 0.3) is 0 Å². The molecule has 2 aromatic carbocycles. The molecule has 128 valence electrons. The lowest BCUT2D eigenvalue weighted by Gasteiger charge is -2.08. The van der Waals surface area contributed by atoms with Crippen LogP contribution in [0, 0.1) is 5.82 Å². The fourth-order valence-corrected chi connectivity index (χ4v) is 2.92. The van der Waals surface area contributed by atoms with Gasteiger partial charge in [0.15, 0.2) is 5.69 Å². The number of carbonyl (C=O) groups is 1. The minimum atomic E-state index is -0.522. The first kappa shape index (κ1) is 17.6. The van der Waals surface area contributed by atoms with E-state index in [2.05, 4.69) is 21.0 Å². The van der Waals surface area contributed by atoms with Gasteiger partial charge in [0, 0.05) is 10.0 Å². The van der Waals surface area contributed by atoms with Crippen LogP contribution in [0.2, 0.25) is 5.02 Å². The second kappa shape index (κ2) is 7.37. The van der Waals surface area contributed by atoms with Crippen molar-refractivity contribution in [2.24, 2.45) is 0 Å². The van der Waals surface area contributed by atoms with Crippen LogP contribution in [0.5, 0.6) is 0 Å². The molecular weight excluding hydrogens is 411 g/mol. The van der Waals surface area contributed by atoms with Gasteiger partial charge in [-0.25, -0.2) is 13.9 Å². The van der Waals surface area contributed by atoms with E-state index in [1.54, 1.807) is 23.7 Å². The Kier molecular flexibility index (Phi) is 5.20. The average molecular weight is 424 g/mol. The molecule has 0 saturated heterocycles. The molecule has 0 aliphatic carbocycles. The Balaban J connectivity index is 2.17. The molecule has 0 radical (unpaired) electrons. The molecule has 0 fully saturated rings. The van der Waals surface area contributed by atoms with Crippen LogP contribution in [0.25, 0.3) is 16.9 Å². The quantitative estimate of drug-likeness (QED) is 0.537. The summed E-state index contributed by atoms with van der Waals surface area (Å²) < 4.78 is 21.0. The van der Waals surface area contributed by atoms with Gasteiger partial charge in [-0.2, -0.15) is 5.10 Å². The van der Waals surface area contributed by atoms with Crippen LogP contribution >= 0.6 is 27.5 Å². The zero-order valence-electron chi connectivity index (χ0n) is 13.2. The van der Waals surface area contributed by atoms with E-state index >= 15 is 0 Å². The number of rotatable bonds is 4. The highest BCUT2D eigenvalue weighted by molar-refractivity contribution is 9.10. The van der Waals surface area contributed by atoms with Crippen LogP contribution in [0.1, 0.15) is 17.4 Å². The predicted molar refractivity (Wildman–Crippen MR) is 97.6 cm³/mol. The number of aromatic nitrogens is 2. The number of esters is 1. The Bertz CT molecular complexity index is 943. The van der Waals surface area contributed by atoms with Gasteiger partial charge in [-0.15, -0.1) is 0 Å². The second-order valence-electron chi connectivity index (χ2n) is 5.16. The Morgan fingerprint density at radius 3 is 2.76 bits per heavy atom. The first-order chi connectivity index (χ1) is 12.0. The summed E-state index contributed by atoms with van der Waals surface area (Å²) in [5.41, 5.74) is 2.13. The fourth-order valence-electron chi connectivity index (χ4n) is 2.35. The first-order valence-corrected chi connectivity index (χ1v) is 8.65. The van der Waals surface area contributed by atoms with Crippen LogP contribution in [-0.2, 0) is 4.74 Å². The molecule has 4 nitrogen and oxygen atoms in total. The summed E-state index contributed by atoms with van der Waals surface area (Å²) in [6.45, 7) is 1.98. The minimum Gasteiger partial charge on any atom is -0.461 e. The molecule has 0 spiro atoms. The molecule has 3 aromatic rings. The van der Waals surface area contributed by atoms with Gasteiger partial charge in [-0.1, -0.05) is 33.6 Å². The number of halogens is 3. The highest BCUT2D eigenvalue weighted by Gasteiger charge is 2.18. The molecule has 1 heterocycles. The second-order valence-corrected chi connectivity index (χ2v) is 6.48. The molecule has 0 atom stereocenters. The van der Waals surface area contributed by atoms with E-state index in [-0.39, 0.29) is 17.3 Å². The zero-order chi connectivity index (χ0) is 18.0. The molecule has 3 rings (SSSR count). The predicted octanol–water partition coefficient (Wildman–Crippen LogP) is 5.27. The topological polar surface area (TPSA) is 44.1 Å². The molecule has 1 aromatic heterocycles. The summed E-state index contributed by atoms with van der Waals surface area (Å²) in [6, 6.07) is 13.4. The van der Waals surface area contributed by atoms with E-state index < -0.39 is 11.8 Å². The van der Waals surface area contributed by atoms with Crippen LogP contribution in [-0.4, -0.2) is 22.4 Å². The van der Waals surface area contributed by atoms with Gasteiger partial charge in [0.1, 0.15) is 5.82 Å². The van der Waals surface area contributed by atoms with Crippen molar-refractivity contribution < 1.29 is 13.9 Å². The minimum absolute atomic E-state index is 0.00261. The maximum absolute atomic E-state index is 13.5. The molecular formula is C18H13BrClFN2O2. The third-order valence-corrected chi connectivity index (χ3v) is 4.24. The van der Waals surface area contributed by atoms with Gasteiger partial charge in [-0.05, 0) is 49.4 Å². The van der Waals surface area contributed by atoms with Crippen LogP contribution in [0.4, 0.5) is 4.39 Å². The van der Waals surface area contributed by atoms with E-state index in [4.69, 9.17) is 16.3 Å². The molecule has 0 saturated carbocycles. The van der Waals surface area contributed by atoms with E-state index in [0.717, 1.165) is 10.2 Å². The van der Waals surface area contributed by atoms with Crippen molar-refractivity contribution in [1.29, 1.82) is 0 Å². The van der Waals surface area contributed by atoms with Crippen molar-refractivity contribution in [2.45, 2.75) is 6.92 Å². The van der Waals surface area contributed by atoms with Crippen LogP contribution in [0.3, 0.4) is 0 Å². The standard InChI is InChI=1S/C18H13BrClFN2O2/c1-2-25-18(24)16-10-17(11-6-7-15(21)14(20)8-11)23(22-16)13-5-3-4-12(19)9-13/h3-10H,2H2,1H3. The van der Waals surface area contributed by atoms with E-state index in [1.165, 1.54) is 12.1 Å². The zero-order valence-corrected chi connectivity index (χ0v) is 15.5. The number of nitrogens with zero attached hydrogens (tertiary/aromatic N) is 2. The lowest BCUT2D eigenvalue weighted by Crippen LogP contribution is -2.06. The van der Waals surface area contributed by atoms with Gasteiger partial charge < -0.3 is 4.74 Å². The monoisotopic (exact) mass is 422 g/mol. The molecule has 0 amide bonds. The molecule has 25 heavy (non-hydrogen) atoms. The third kappa shape index (κ3) is 3.75. The van der Waals surface area contributed by atoms with E-state index in [9.17, 15) is 9.18 Å². The van der Waals surface area contributed by atoms with Crippen molar-refractivity contribution in [2.75, 3.05) is 6.61 Å². The van der Waals surface area contributed by atoms with Crippen molar-refractivity contribution in [3.63, 3.8) is 0 Å². The number of hydrogen-bond acceptors (Lipinski definition) is 3. The lowest BCUT2D eigenvalue weighted by molar-refractivity contribution is 0.0519. The molecule has 0 bridgehead atoms. The van der Waals surface area contributed by atoms with E-state index in [0.29, 0.717) is 11.3 Å². The maximum Gasteiger partial charge on any atom is 0.358 e. The Hall–Kier alpha value is -2.18. The average Bonchev–Trinajstić information content (AvgIpc) is 3.03. The highest BCUT2D eigenvalue weighted by Crippen LogP contribution is 2.28. The Morgan fingerprint density at radius 1 is 1.28 bits per heavy atom. The van der Waals surface area contributed by atoms with E-state index in [1.807, 2.05) is 24.3 Å². The van der Waals surface area contributed by atoms with Gasteiger partial charge in [0.2, 0.25) is 0 Å². The highest BCUT2D eigenvalue weighted by atomic mass is 79.9. The summed E-state index contributed by atoms with van der Waals surface area (Å²) in [5.74, 6) is -1.03. The summed E-state index contributed by atoms with van der Waals surface area (Å²) in [6.07, 6.45) is 0. The molecule has 0 N–H and O–H groups in total. The summed E-state index contributed by atoms with van der Waals surface area (Å²) in [7, 11) is 0. The third-order valence-electron chi connectivity index (χ3n) is 3.46. The SMILES string of the molecule is CCOC(=O)c1cc(-c2ccc(F)c(Cl)c2)n(-c2cccc(Br)c2)n1. The van der Waals surface area contributed by atoms with Crippen LogP contribution < -0.4 is 0 Å². The van der Waals surface area contributed by atoms with Gasteiger partial charge in [0.05, 0.1) is 23.0 Å². The summed E-state index contributed by atoms with van der Waals surface area (Å²) >= 11 is 9.32. The fraction of sp³-hybridized carbons (Fsp3) is 0.111. The van der Waals surface area contributed by atoms with Gasteiger partial charge in [-0.3, -0.25) is 0 Å². The van der Waals surface area contributed by atoms with Crippen molar-refractivity contribution >= 4 is 33.5 Å². The normalized spacial score (nSPS) is 10.7. The van der Waals surface area contributed by atoms with Crippen LogP contribution in [0.15, 0.2) is 53.0 Å². The number of benzene rings is 2. The summed E-state index contributed by atoms with van der Waals surface area (Å²) in [4.78, 5) is 12.1. The molecule has 7 heteroatoms. The number of ether oxygens (including phenoxy) is 1. The largest absolute Gasteiger partial charge is 0.461 e. The van der Waals surface area contributed by atoms with Crippen molar-refractivity contribution in [3.8, 4) is 16.9 Å². The molecule has 0 unspecified atom stereocenters. The number of carbonyl (C=O) groups excluding carboxylic acids is 1. The smallest absolute Gasteiger partial charge is 0.358 e. The molecule has 0 aliphatic rings.